The maximum atomic E-state index is 12.2. The van der Waals surface area contributed by atoms with E-state index in [1.807, 2.05) is 43.4 Å². The van der Waals surface area contributed by atoms with Crippen LogP contribution in [0.2, 0.25) is 0 Å². The Morgan fingerprint density at radius 2 is 2.08 bits per heavy atom. The molecule has 3 aromatic rings. The molecular formula is C19H20N4O2. The lowest BCUT2D eigenvalue weighted by Crippen LogP contribution is -2.24. The van der Waals surface area contributed by atoms with Crippen LogP contribution in [0.4, 0.5) is 0 Å². The quantitative estimate of drug-likeness (QED) is 0.750. The van der Waals surface area contributed by atoms with Gasteiger partial charge in [0.2, 0.25) is 5.91 Å². The Morgan fingerprint density at radius 3 is 2.84 bits per heavy atom. The highest BCUT2D eigenvalue weighted by atomic mass is 16.5. The number of carbonyl (C=O) groups is 1. The second-order valence-electron chi connectivity index (χ2n) is 5.69. The van der Waals surface area contributed by atoms with E-state index < -0.39 is 0 Å². The minimum absolute atomic E-state index is 0.0598. The van der Waals surface area contributed by atoms with Crippen molar-refractivity contribution in [3.05, 3.63) is 66.1 Å². The summed E-state index contributed by atoms with van der Waals surface area (Å²) in [6.45, 7) is 0.423. The number of ether oxygens (including phenoxy) is 1. The minimum Gasteiger partial charge on any atom is -0.496 e. The number of benzene rings is 1. The van der Waals surface area contributed by atoms with E-state index in [2.05, 4.69) is 15.4 Å². The Hall–Kier alpha value is -3.15. The SMILES string of the molecule is COc1ccccc1CC(=O)NCc1cncc(-c2ccnn2C)c1. The van der Waals surface area contributed by atoms with Gasteiger partial charge in [-0.1, -0.05) is 18.2 Å². The number of nitrogens with one attached hydrogen (secondary N) is 1. The first kappa shape index (κ1) is 16.7. The second kappa shape index (κ2) is 7.61. The number of para-hydroxylation sites is 1. The third-order valence-electron chi connectivity index (χ3n) is 3.94. The first-order valence-electron chi connectivity index (χ1n) is 7.98. The first-order chi connectivity index (χ1) is 12.2. The van der Waals surface area contributed by atoms with Crippen molar-refractivity contribution in [1.82, 2.24) is 20.1 Å². The number of aromatic nitrogens is 3. The molecule has 3 rings (SSSR count). The summed E-state index contributed by atoms with van der Waals surface area (Å²) in [5.41, 5.74) is 3.75. The molecule has 1 N–H and O–H groups in total. The summed E-state index contributed by atoms with van der Waals surface area (Å²) in [7, 11) is 3.49. The average Bonchev–Trinajstić information content (AvgIpc) is 3.07. The van der Waals surface area contributed by atoms with E-state index in [0.29, 0.717) is 6.54 Å². The number of methoxy groups -OCH3 is 1. The number of rotatable bonds is 6. The zero-order valence-electron chi connectivity index (χ0n) is 14.3. The van der Waals surface area contributed by atoms with Crippen LogP contribution in [0.25, 0.3) is 11.3 Å². The number of amides is 1. The highest BCUT2D eigenvalue weighted by Gasteiger charge is 2.09. The van der Waals surface area contributed by atoms with Gasteiger partial charge in [0.1, 0.15) is 5.75 Å². The molecule has 0 bridgehead atoms. The third kappa shape index (κ3) is 4.03. The molecule has 25 heavy (non-hydrogen) atoms. The molecule has 1 amide bonds. The smallest absolute Gasteiger partial charge is 0.224 e. The molecule has 0 fully saturated rings. The van der Waals surface area contributed by atoms with Crippen LogP contribution in [0.5, 0.6) is 5.75 Å². The molecule has 0 unspecified atom stereocenters. The lowest BCUT2D eigenvalue weighted by molar-refractivity contribution is -0.120. The van der Waals surface area contributed by atoms with Crippen LogP contribution >= 0.6 is 0 Å². The van der Waals surface area contributed by atoms with E-state index in [-0.39, 0.29) is 12.3 Å². The Morgan fingerprint density at radius 1 is 1.24 bits per heavy atom. The fourth-order valence-corrected chi connectivity index (χ4v) is 2.67. The predicted molar refractivity (Wildman–Crippen MR) is 95.0 cm³/mol. The van der Waals surface area contributed by atoms with Crippen LogP contribution in [0.1, 0.15) is 11.1 Å². The topological polar surface area (TPSA) is 69.0 Å². The number of hydrogen-bond acceptors (Lipinski definition) is 4. The minimum atomic E-state index is -0.0598. The van der Waals surface area contributed by atoms with E-state index in [9.17, 15) is 4.79 Å². The highest BCUT2D eigenvalue weighted by Crippen LogP contribution is 2.19. The summed E-state index contributed by atoms with van der Waals surface area (Å²) < 4.78 is 7.07. The predicted octanol–water partition coefficient (Wildman–Crippen LogP) is 2.35. The molecule has 0 saturated carbocycles. The molecule has 0 saturated heterocycles. The average molecular weight is 336 g/mol. The molecule has 2 heterocycles. The molecule has 0 aliphatic heterocycles. The van der Waals surface area contributed by atoms with Gasteiger partial charge < -0.3 is 10.1 Å². The van der Waals surface area contributed by atoms with Gasteiger partial charge in [0.05, 0.1) is 19.2 Å². The number of carbonyl (C=O) groups excluding carboxylic acids is 1. The zero-order valence-corrected chi connectivity index (χ0v) is 14.3. The molecule has 0 atom stereocenters. The summed E-state index contributed by atoms with van der Waals surface area (Å²) in [4.78, 5) is 16.5. The van der Waals surface area contributed by atoms with Gasteiger partial charge in [0.25, 0.3) is 0 Å². The lowest BCUT2D eigenvalue weighted by atomic mass is 10.1. The molecule has 6 heteroatoms. The molecule has 1 aromatic carbocycles. The number of hydrogen-bond donors (Lipinski definition) is 1. The van der Waals surface area contributed by atoms with Crippen LogP contribution in [0.15, 0.2) is 55.0 Å². The fraction of sp³-hybridized carbons (Fsp3) is 0.211. The van der Waals surface area contributed by atoms with Gasteiger partial charge in [-0.3, -0.25) is 14.5 Å². The van der Waals surface area contributed by atoms with Gasteiger partial charge in [-0.05, 0) is 23.8 Å². The van der Waals surface area contributed by atoms with Crippen molar-refractivity contribution in [2.45, 2.75) is 13.0 Å². The highest BCUT2D eigenvalue weighted by molar-refractivity contribution is 5.79. The molecule has 128 valence electrons. The van der Waals surface area contributed by atoms with Crippen LogP contribution in [-0.4, -0.2) is 27.8 Å². The molecule has 0 radical (unpaired) electrons. The molecular weight excluding hydrogens is 316 g/mol. The Balaban J connectivity index is 1.64. The zero-order chi connectivity index (χ0) is 17.6. The van der Waals surface area contributed by atoms with Crippen molar-refractivity contribution in [2.75, 3.05) is 7.11 Å². The van der Waals surface area contributed by atoms with Gasteiger partial charge in [0.15, 0.2) is 0 Å². The van der Waals surface area contributed by atoms with Crippen LogP contribution < -0.4 is 10.1 Å². The number of aryl methyl sites for hydroxylation is 1. The summed E-state index contributed by atoms with van der Waals surface area (Å²) in [6.07, 6.45) is 5.57. The van der Waals surface area contributed by atoms with Crippen molar-refractivity contribution < 1.29 is 9.53 Å². The van der Waals surface area contributed by atoms with E-state index >= 15 is 0 Å². The summed E-state index contributed by atoms with van der Waals surface area (Å²) in [5, 5.41) is 7.10. The number of nitrogens with zero attached hydrogens (tertiary/aromatic N) is 3. The first-order valence-corrected chi connectivity index (χ1v) is 7.98. The third-order valence-corrected chi connectivity index (χ3v) is 3.94. The molecule has 0 aliphatic rings. The Bertz CT molecular complexity index is 873. The molecule has 0 spiro atoms. The van der Waals surface area contributed by atoms with Crippen LogP contribution in [0, 0.1) is 0 Å². The van der Waals surface area contributed by atoms with Gasteiger partial charge in [-0.2, -0.15) is 5.10 Å². The maximum absolute atomic E-state index is 12.2. The van der Waals surface area contributed by atoms with Crippen molar-refractivity contribution in [3.8, 4) is 17.0 Å². The van der Waals surface area contributed by atoms with Crippen molar-refractivity contribution in [2.24, 2.45) is 7.05 Å². The number of pyridine rings is 1. The van der Waals surface area contributed by atoms with E-state index in [1.165, 1.54) is 0 Å². The maximum Gasteiger partial charge on any atom is 0.224 e. The molecule has 2 aromatic heterocycles. The molecule has 6 nitrogen and oxygen atoms in total. The fourth-order valence-electron chi connectivity index (χ4n) is 2.67. The summed E-state index contributed by atoms with van der Waals surface area (Å²) in [5.74, 6) is 0.660. The van der Waals surface area contributed by atoms with E-state index in [1.54, 1.807) is 30.4 Å². The van der Waals surface area contributed by atoms with Crippen LogP contribution in [0.3, 0.4) is 0 Å². The van der Waals surface area contributed by atoms with Gasteiger partial charge in [-0.15, -0.1) is 0 Å². The standard InChI is InChI=1S/C19H20N4O2/c1-23-17(7-8-22-23)16-9-14(11-20-13-16)12-21-19(24)10-15-5-3-4-6-18(15)25-2/h3-9,11,13H,10,12H2,1-2H3,(H,21,24). The normalized spacial score (nSPS) is 10.5. The van der Waals surface area contributed by atoms with Crippen LogP contribution in [-0.2, 0) is 24.8 Å². The lowest BCUT2D eigenvalue weighted by Gasteiger charge is -2.09. The largest absolute Gasteiger partial charge is 0.496 e. The molecule has 0 aliphatic carbocycles. The van der Waals surface area contributed by atoms with Gasteiger partial charge in [0, 0.05) is 43.3 Å². The van der Waals surface area contributed by atoms with Crippen molar-refractivity contribution >= 4 is 5.91 Å². The van der Waals surface area contributed by atoms with Crippen molar-refractivity contribution in [1.29, 1.82) is 0 Å². The summed E-state index contributed by atoms with van der Waals surface area (Å²) in [6, 6.07) is 11.5. The van der Waals surface area contributed by atoms with Gasteiger partial charge in [-0.25, -0.2) is 0 Å². The Kier molecular flexibility index (Phi) is 5.09. The Labute approximate surface area is 146 Å². The summed E-state index contributed by atoms with van der Waals surface area (Å²) >= 11 is 0. The van der Waals surface area contributed by atoms with E-state index in [0.717, 1.165) is 28.1 Å². The monoisotopic (exact) mass is 336 g/mol. The second-order valence-corrected chi connectivity index (χ2v) is 5.69. The van der Waals surface area contributed by atoms with Gasteiger partial charge >= 0.3 is 0 Å². The van der Waals surface area contributed by atoms with E-state index in [4.69, 9.17) is 4.74 Å². The van der Waals surface area contributed by atoms with Crippen molar-refractivity contribution in [3.63, 3.8) is 0 Å².